The van der Waals surface area contributed by atoms with Crippen molar-refractivity contribution in [2.75, 3.05) is 5.32 Å². The number of aliphatic hydroxyl groups excluding tert-OH is 1. The second-order valence-corrected chi connectivity index (χ2v) is 6.82. The summed E-state index contributed by atoms with van der Waals surface area (Å²) >= 11 is 0. The van der Waals surface area contributed by atoms with Crippen LogP contribution in [-0.4, -0.2) is 21.0 Å². The van der Waals surface area contributed by atoms with E-state index in [1.165, 1.54) is 0 Å². The lowest BCUT2D eigenvalue weighted by molar-refractivity contribution is -0.116. The normalized spacial score (nSPS) is 10.8. The van der Waals surface area contributed by atoms with E-state index in [1.807, 2.05) is 68.4 Å². The number of aromatic nitrogens is 2. The molecule has 0 unspecified atom stereocenters. The Kier molecular flexibility index (Phi) is 5.94. The van der Waals surface area contributed by atoms with Crippen LogP contribution in [0.2, 0.25) is 0 Å². The number of anilines is 1. The highest BCUT2D eigenvalue weighted by atomic mass is 16.3. The van der Waals surface area contributed by atoms with Crippen molar-refractivity contribution in [1.82, 2.24) is 9.97 Å². The maximum absolute atomic E-state index is 12.2. The van der Waals surface area contributed by atoms with Gasteiger partial charge in [0, 0.05) is 17.5 Å². The molecule has 1 aromatic heterocycles. The van der Waals surface area contributed by atoms with Gasteiger partial charge < -0.3 is 10.4 Å². The minimum atomic E-state index is -0.0727. The van der Waals surface area contributed by atoms with Crippen LogP contribution in [0.25, 0.3) is 22.5 Å². The summed E-state index contributed by atoms with van der Waals surface area (Å²) in [6, 6.07) is 17.2. The molecule has 0 radical (unpaired) electrons. The quantitative estimate of drug-likeness (QED) is 0.687. The maximum atomic E-state index is 12.2. The minimum absolute atomic E-state index is 0.00203. The largest absolute Gasteiger partial charge is 0.392 e. The van der Waals surface area contributed by atoms with E-state index < -0.39 is 0 Å². The Hall–Kier alpha value is -3.05. The number of benzene rings is 2. The number of hydrogen-bond donors (Lipinski definition) is 2. The summed E-state index contributed by atoms with van der Waals surface area (Å²) in [6.45, 7) is 4.01. The van der Waals surface area contributed by atoms with Crippen LogP contribution < -0.4 is 5.32 Å². The van der Waals surface area contributed by atoms with Gasteiger partial charge in [-0.15, -0.1) is 0 Å². The number of hydrogen-bond acceptors (Lipinski definition) is 4. The molecule has 2 aromatic carbocycles. The standard InChI is InChI=1S/C22H23N3O2/c1-15(2)12-20(27)25-22-21(18-6-4-3-5-7-18)24-19(13-23-22)17-10-8-16(14-26)9-11-17/h3-11,13,15,26H,12,14H2,1-2H3,(H,23,25,27). The van der Waals surface area contributed by atoms with E-state index >= 15 is 0 Å². The van der Waals surface area contributed by atoms with Crippen LogP contribution in [0.5, 0.6) is 0 Å². The molecule has 1 amide bonds. The molecule has 1 heterocycles. The van der Waals surface area contributed by atoms with Gasteiger partial charge in [-0.05, 0) is 11.5 Å². The van der Waals surface area contributed by atoms with Crippen LogP contribution in [0.1, 0.15) is 25.8 Å². The number of rotatable bonds is 6. The number of nitrogens with zero attached hydrogens (tertiary/aromatic N) is 2. The molecule has 138 valence electrons. The van der Waals surface area contributed by atoms with Crippen LogP contribution in [0.15, 0.2) is 60.8 Å². The predicted molar refractivity (Wildman–Crippen MR) is 107 cm³/mol. The second-order valence-electron chi connectivity index (χ2n) is 6.82. The number of aliphatic hydroxyl groups is 1. The van der Waals surface area contributed by atoms with Gasteiger partial charge in [0.15, 0.2) is 5.82 Å². The summed E-state index contributed by atoms with van der Waals surface area (Å²) in [5.74, 6) is 0.654. The van der Waals surface area contributed by atoms with Crippen molar-refractivity contribution >= 4 is 11.7 Å². The molecule has 0 spiro atoms. The van der Waals surface area contributed by atoms with E-state index in [2.05, 4.69) is 10.3 Å². The molecule has 3 rings (SSSR count). The zero-order chi connectivity index (χ0) is 19.2. The summed E-state index contributed by atoms with van der Waals surface area (Å²) in [5.41, 5.74) is 3.97. The minimum Gasteiger partial charge on any atom is -0.392 e. The smallest absolute Gasteiger partial charge is 0.225 e. The third-order valence-electron chi connectivity index (χ3n) is 4.10. The molecule has 0 aliphatic rings. The molecule has 5 heteroatoms. The number of carbonyl (C=O) groups is 1. The van der Waals surface area contributed by atoms with Crippen molar-refractivity contribution in [3.8, 4) is 22.5 Å². The molecule has 0 saturated heterocycles. The third-order valence-corrected chi connectivity index (χ3v) is 4.10. The van der Waals surface area contributed by atoms with Crippen molar-refractivity contribution in [1.29, 1.82) is 0 Å². The predicted octanol–water partition coefficient (Wildman–Crippen LogP) is 4.29. The van der Waals surface area contributed by atoms with Crippen LogP contribution in [0.3, 0.4) is 0 Å². The summed E-state index contributed by atoms with van der Waals surface area (Å²) in [7, 11) is 0. The Bertz CT molecular complexity index is 907. The zero-order valence-electron chi connectivity index (χ0n) is 15.5. The van der Waals surface area contributed by atoms with Gasteiger partial charge in [0.1, 0.15) is 5.69 Å². The Morgan fingerprint density at radius 1 is 1.04 bits per heavy atom. The molecule has 0 saturated carbocycles. The molecule has 0 aliphatic carbocycles. The van der Waals surface area contributed by atoms with Gasteiger partial charge in [-0.25, -0.2) is 9.97 Å². The molecule has 0 fully saturated rings. The van der Waals surface area contributed by atoms with Crippen molar-refractivity contribution in [3.63, 3.8) is 0 Å². The fourth-order valence-corrected chi connectivity index (χ4v) is 2.75. The van der Waals surface area contributed by atoms with Gasteiger partial charge in [-0.2, -0.15) is 0 Å². The van der Waals surface area contributed by atoms with E-state index in [-0.39, 0.29) is 18.4 Å². The summed E-state index contributed by atoms with van der Waals surface area (Å²) in [6.07, 6.45) is 2.09. The number of amides is 1. The topological polar surface area (TPSA) is 75.1 Å². The Morgan fingerprint density at radius 3 is 2.37 bits per heavy atom. The fourth-order valence-electron chi connectivity index (χ4n) is 2.75. The first-order chi connectivity index (χ1) is 13.1. The number of carbonyl (C=O) groups excluding carboxylic acids is 1. The molecule has 2 N–H and O–H groups in total. The first-order valence-corrected chi connectivity index (χ1v) is 8.99. The molecular weight excluding hydrogens is 338 g/mol. The summed E-state index contributed by atoms with van der Waals surface area (Å²) in [5, 5.41) is 12.1. The fraction of sp³-hybridized carbons (Fsp3) is 0.227. The van der Waals surface area contributed by atoms with Gasteiger partial charge in [0.05, 0.1) is 18.5 Å². The van der Waals surface area contributed by atoms with Gasteiger partial charge >= 0.3 is 0 Å². The molecule has 0 aliphatic heterocycles. The maximum Gasteiger partial charge on any atom is 0.225 e. The summed E-state index contributed by atoms with van der Waals surface area (Å²) < 4.78 is 0. The number of nitrogens with one attached hydrogen (secondary N) is 1. The highest BCUT2D eigenvalue weighted by molar-refractivity contribution is 5.93. The lowest BCUT2D eigenvalue weighted by Gasteiger charge is -2.12. The van der Waals surface area contributed by atoms with Crippen molar-refractivity contribution in [3.05, 3.63) is 66.4 Å². The van der Waals surface area contributed by atoms with E-state index in [1.54, 1.807) is 6.20 Å². The average molecular weight is 361 g/mol. The average Bonchev–Trinajstić information content (AvgIpc) is 2.68. The van der Waals surface area contributed by atoms with Gasteiger partial charge in [-0.3, -0.25) is 4.79 Å². The Balaban J connectivity index is 2.00. The lowest BCUT2D eigenvalue weighted by Crippen LogP contribution is -2.16. The van der Waals surface area contributed by atoms with Crippen LogP contribution in [-0.2, 0) is 11.4 Å². The van der Waals surface area contributed by atoms with Crippen molar-refractivity contribution < 1.29 is 9.90 Å². The molecule has 0 atom stereocenters. The van der Waals surface area contributed by atoms with E-state index in [9.17, 15) is 9.90 Å². The van der Waals surface area contributed by atoms with Crippen molar-refractivity contribution in [2.24, 2.45) is 5.92 Å². The van der Waals surface area contributed by atoms with Gasteiger partial charge in [0.25, 0.3) is 0 Å². The Morgan fingerprint density at radius 2 is 1.74 bits per heavy atom. The first kappa shape index (κ1) is 18.7. The monoisotopic (exact) mass is 361 g/mol. The lowest BCUT2D eigenvalue weighted by atomic mass is 10.1. The molecular formula is C22H23N3O2. The Labute approximate surface area is 159 Å². The molecule has 3 aromatic rings. The van der Waals surface area contributed by atoms with Crippen LogP contribution in [0, 0.1) is 5.92 Å². The SMILES string of the molecule is CC(C)CC(=O)Nc1ncc(-c2ccc(CO)cc2)nc1-c1ccccc1. The molecule has 0 bridgehead atoms. The molecule has 5 nitrogen and oxygen atoms in total. The van der Waals surface area contributed by atoms with E-state index in [0.717, 1.165) is 16.7 Å². The van der Waals surface area contributed by atoms with Gasteiger partial charge in [-0.1, -0.05) is 68.4 Å². The van der Waals surface area contributed by atoms with Crippen LogP contribution >= 0.6 is 0 Å². The highest BCUT2D eigenvalue weighted by Gasteiger charge is 2.14. The second kappa shape index (κ2) is 8.56. The zero-order valence-corrected chi connectivity index (χ0v) is 15.5. The van der Waals surface area contributed by atoms with Crippen LogP contribution in [0.4, 0.5) is 5.82 Å². The molecule has 27 heavy (non-hydrogen) atoms. The van der Waals surface area contributed by atoms with Gasteiger partial charge in [0.2, 0.25) is 5.91 Å². The van der Waals surface area contributed by atoms with Crippen molar-refractivity contribution in [2.45, 2.75) is 26.9 Å². The highest BCUT2D eigenvalue weighted by Crippen LogP contribution is 2.28. The summed E-state index contributed by atoms with van der Waals surface area (Å²) in [4.78, 5) is 21.5. The van der Waals surface area contributed by atoms with E-state index in [0.29, 0.717) is 23.6 Å². The third kappa shape index (κ3) is 4.77. The van der Waals surface area contributed by atoms with E-state index in [4.69, 9.17) is 4.98 Å². The first-order valence-electron chi connectivity index (χ1n) is 8.99.